The summed E-state index contributed by atoms with van der Waals surface area (Å²) in [7, 11) is 0. The topological polar surface area (TPSA) is 57.7 Å². The zero-order chi connectivity index (χ0) is 18.4. The van der Waals surface area contributed by atoms with Crippen LogP contribution in [0, 0.1) is 5.92 Å². The largest absolute Gasteiger partial charge is 0.343 e. The van der Waals surface area contributed by atoms with Gasteiger partial charge >= 0.3 is 0 Å². The van der Waals surface area contributed by atoms with Gasteiger partial charge in [-0.15, -0.1) is 11.3 Å². The summed E-state index contributed by atoms with van der Waals surface area (Å²) in [6, 6.07) is 3.66. The lowest BCUT2D eigenvalue weighted by atomic mass is 9.94. The highest BCUT2D eigenvalue weighted by molar-refractivity contribution is 7.12. The summed E-state index contributed by atoms with van der Waals surface area (Å²) in [5, 5.41) is 1.88. The predicted molar refractivity (Wildman–Crippen MR) is 102 cm³/mol. The SMILES string of the molecule is O=C(CCC(=O)N1CCC(C(=O)N2CCCCCC2)CC1)c1cccs1. The van der Waals surface area contributed by atoms with Gasteiger partial charge < -0.3 is 9.80 Å². The lowest BCUT2D eigenvalue weighted by molar-refractivity contribution is -0.140. The fourth-order valence-corrected chi connectivity index (χ4v) is 4.56. The number of hydrogen-bond acceptors (Lipinski definition) is 4. The number of Topliss-reactive ketones (excluding diaryl/α,β-unsaturated/α-hetero) is 1. The van der Waals surface area contributed by atoms with E-state index < -0.39 is 0 Å². The fourth-order valence-electron chi connectivity index (χ4n) is 3.86. The molecule has 3 heterocycles. The first-order chi connectivity index (χ1) is 12.6. The molecule has 2 saturated heterocycles. The molecule has 1 aromatic rings. The van der Waals surface area contributed by atoms with Crippen LogP contribution in [0.5, 0.6) is 0 Å². The van der Waals surface area contributed by atoms with Crippen LogP contribution in [-0.2, 0) is 9.59 Å². The third-order valence-electron chi connectivity index (χ3n) is 5.48. The summed E-state index contributed by atoms with van der Waals surface area (Å²) >= 11 is 1.42. The molecule has 0 aliphatic carbocycles. The Kier molecular flexibility index (Phi) is 6.83. The smallest absolute Gasteiger partial charge is 0.225 e. The van der Waals surface area contributed by atoms with Gasteiger partial charge in [0.2, 0.25) is 11.8 Å². The summed E-state index contributed by atoms with van der Waals surface area (Å²) in [6.45, 7) is 3.05. The molecule has 0 bridgehead atoms. The first-order valence-corrected chi connectivity index (χ1v) is 10.7. The molecule has 0 unspecified atom stereocenters. The number of rotatable bonds is 5. The van der Waals surface area contributed by atoms with Crippen molar-refractivity contribution in [2.45, 2.75) is 51.4 Å². The van der Waals surface area contributed by atoms with Crippen LogP contribution in [0.4, 0.5) is 0 Å². The van der Waals surface area contributed by atoms with Gasteiger partial charge in [0.05, 0.1) is 4.88 Å². The second-order valence-corrected chi connectivity index (χ2v) is 8.24. The molecule has 2 aliphatic rings. The zero-order valence-electron chi connectivity index (χ0n) is 15.3. The second-order valence-electron chi connectivity index (χ2n) is 7.30. The molecule has 1 aromatic heterocycles. The Morgan fingerprint density at radius 1 is 0.923 bits per heavy atom. The molecule has 0 aromatic carbocycles. The van der Waals surface area contributed by atoms with Gasteiger partial charge in [-0.1, -0.05) is 18.9 Å². The Hall–Kier alpha value is -1.69. The summed E-state index contributed by atoms with van der Waals surface area (Å²) in [5.41, 5.74) is 0. The first-order valence-electron chi connectivity index (χ1n) is 9.78. The van der Waals surface area contributed by atoms with Crippen molar-refractivity contribution in [2.24, 2.45) is 5.92 Å². The van der Waals surface area contributed by atoms with E-state index in [4.69, 9.17) is 0 Å². The van der Waals surface area contributed by atoms with Crippen molar-refractivity contribution in [1.29, 1.82) is 0 Å². The van der Waals surface area contributed by atoms with Crippen LogP contribution >= 0.6 is 11.3 Å². The third kappa shape index (κ3) is 4.93. The summed E-state index contributed by atoms with van der Waals surface area (Å²) in [6.07, 6.45) is 6.71. The minimum atomic E-state index is 0.0376. The predicted octanol–water partition coefficient (Wildman–Crippen LogP) is 3.35. The highest BCUT2D eigenvalue weighted by Gasteiger charge is 2.30. The number of nitrogens with zero attached hydrogens (tertiary/aromatic N) is 2. The van der Waals surface area contributed by atoms with Gasteiger partial charge in [0.25, 0.3) is 0 Å². The summed E-state index contributed by atoms with van der Waals surface area (Å²) in [4.78, 5) is 41.7. The Bertz CT molecular complexity index is 613. The molecule has 0 saturated carbocycles. The molecule has 142 valence electrons. The Morgan fingerprint density at radius 2 is 1.62 bits per heavy atom. The molecule has 5 nitrogen and oxygen atoms in total. The second kappa shape index (κ2) is 9.31. The molecule has 2 fully saturated rings. The summed E-state index contributed by atoms with van der Waals surface area (Å²) in [5.74, 6) is 0.423. The Balaban J connectivity index is 1.42. The van der Waals surface area contributed by atoms with Crippen molar-refractivity contribution in [2.75, 3.05) is 26.2 Å². The van der Waals surface area contributed by atoms with E-state index in [9.17, 15) is 14.4 Å². The van der Waals surface area contributed by atoms with Gasteiger partial charge in [-0.25, -0.2) is 0 Å². The zero-order valence-corrected chi connectivity index (χ0v) is 16.1. The van der Waals surface area contributed by atoms with E-state index in [1.54, 1.807) is 6.07 Å². The monoisotopic (exact) mass is 376 g/mol. The van der Waals surface area contributed by atoms with Gasteiger partial charge in [-0.05, 0) is 37.1 Å². The number of likely N-dealkylation sites (tertiary alicyclic amines) is 2. The standard InChI is InChI=1S/C20H28N2O3S/c23-17(18-6-5-15-26-18)7-8-19(24)21-13-9-16(10-14-21)20(25)22-11-3-1-2-4-12-22/h5-6,15-16H,1-4,7-14H2. The van der Waals surface area contributed by atoms with Crippen LogP contribution in [0.25, 0.3) is 0 Å². The Labute approximate surface area is 159 Å². The van der Waals surface area contributed by atoms with Gasteiger partial charge in [0, 0.05) is 44.9 Å². The quantitative estimate of drug-likeness (QED) is 0.741. The first kappa shape index (κ1) is 19.1. The van der Waals surface area contributed by atoms with Gasteiger partial charge in [-0.3, -0.25) is 14.4 Å². The van der Waals surface area contributed by atoms with E-state index in [-0.39, 0.29) is 36.4 Å². The van der Waals surface area contributed by atoms with Crippen molar-refractivity contribution >= 4 is 28.9 Å². The van der Waals surface area contributed by atoms with Crippen molar-refractivity contribution in [3.63, 3.8) is 0 Å². The fraction of sp³-hybridized carbons (Fsp3) is 0.650. The van der Waals surface area contributed by atoms with Crippen LogP contribution in [-0.4, -0.2) is 53.6 Å². The molecule has 0 N–H and O–H groups in total. The maximum absolute atomic E-state index is 12.7. The van der Waals surface area contributed by atoms with Crippen LogP contribution in [0.2, 0.25) is 0 Å². The Morgan fingerprint density at radius 3 is 2.23 bits per heavy atom. The number of carbonyl (C=O) groups is 3. The van der Waals surface area contributed by atoms with Crippen LogP contribution in [0.1, 0.15) is 61.0 Å². The molecule has 0 atom stereocenters. The molecule has 6 heteroatoms. The maximum Gasteiger partial charge on any atom is 0.225 e. The highest BCUT2D eigenvalue weighted by atomic mass is 32.1. The number of amides is 2. The molecule has 2 aliphatic heterocycles. The number of carbonyl (C=O) groups excluding carboxylic acids is 3. The third-order valence-corrected chi connectivity index (χ3v) is 6.39. The number of ketones is 1. The molecular formula is C20H28N2O3S. The number of hydrogen-bond donors (Lipinski definition) is 0. The molecule has 3 rings (SSSR count). The van der Waals surface area contributed by atoms with Gasteiger partial charge in [-0.2, -0.15) is 0 Å². The van der Waals surface area contributed by atoms with E-state index in [0.29, 0.717) is 13.1 Å². The van der Waals surface area contributed by atoms with E-state index in [2.05, 4.69) is 0 Å². The molecular weight excluding hydrogens is 348 g/mol. The van der Waals surface area contributed by atoms with Gasteiger partial charge in [0.1, 0.15) is 0 Å². The average molecular weight is 377 g/mol. The number of thiophene rings is 1. The maximum atomic E-state index is 12.7. The van der Waals surface area contributed by atoms with Crippen molar-refractivity contribution in [3.05, 3.63) is 22.4 Å². The lowest BCUT2D eigenvalue weighted by Gasteiger charge is -2.34. The van der Waals surface area contributed by atoms with E-state index in [1.807, 2.05) is 21.2 Å². The lowest BCUT2D eigenvalue weighted by Crippen LogP contribution is -2.44. The molecule has 26 heavy (non-hydrogen) atoms. The van der Waals surface area contributed by atoms with E-state index in [0.717, 1.165) is 43.6 Å². The molecule has 0 radical (unpaired) electrons. The van der Waals surface area contributed by atoms with E-state index >= 15 is 0 Å². The highest BCUT2D eigenvalue weighted by Crippen LogP contribution is 2.22. The van der Waals surface area contributed by atoms with Crippen molar-refractivity contribution in [3.8, 4) is 0 Å². The van der Waals surface area contributed by atoms with Crippen molar-refractivity contribution < 1.29 is 14.4 Å². The molecule has 0 spiro atoms. The number of piperidine rings is 1. The average Bonchev–Trinajstić information content (AvgIpc) is 3.08. The normalized spacial score (nSPS) is 19.2. The summed E-state index contributed by atoms with van der Waals surface area (Å²) < 4.78 is 0. The van der Waals surface area contributed by atoms with Crippen LogP contribution in [0.3, 0.4) is 0 Å². The van der Waals surface area contributed by atoms with Gasteiger partial charge in [0.15, 0.2) is 5.78 Å². The van der Waals surface area contributed by atoms with E-state index in [1.165, 1.54) is 24.2 Å². The van der Waals surface area contributed by atoms with Crippen molar-refractivity contribution in [1.82, 2.24) is 9.80 Å². The minimum Gasteiger partial charge on any atom is -0.343 e. The minimum absolute atomic E-state index is 0.0376. The van der Waals surface area contributed by atoms with Crippen LogP contribution in [0.15, 0.2) is 17.5 Å². The molecule has 2 amide bonds. The van der Waals surface area contributed by atoms with Crippen LogP contribution < -0.4 is 0 Å².